The molecule has 13 heteroatoms. The molecule has 1 aromatic carbocycles. The van der Waals surface area contributed by atoms with Crippen molar-refractivity contribution >= 4 is 39.0 Å². The molecular weight excluding hydrogens is 511 g/mol. The molecule has 10 nitrogen and oxygen atoms in total. The molecule has 0 aliphatic carbocycles. The number of hydrogen-bond acceptors (Lipinski definition) is 6. The molecule has 0 unspecified atom stereocenters. The number of sulfonamides is 1. The van der Waals surface area contributed by atoms with E-state index in [0.717, 1.165) is 47.4 Å². The Morgan fingerprint density at radius 2 is 1.69 bits per heavy atom. The predicted molar refractivity (Wildman–Crippen MR) is 137 cm³/mol. The van der Waals surface area contributed by atoms with Gasteiger partial charge >= 0.3 is 7.60 Å². The molecule has 4 heterocycles. The fourth-order valence-electron chi connectivity index (χ4n) is 5.39. The molecule has 196 valence electrons. The number of fused-ring (bicyclic) bond motifs is 4. The Bertz CT molecular complexity index is 1190. The second-order valence-electron chi connectivity index (χ2n) is 9.96. The quantitative estimate of drug-likeness (QED) is 0.179. The first-order valence-electron chi connectivity index (χ1n) is 12.1. The van der Waals surface area contributed by atoms with Crippen molar-refractivity contribution < 1.29 is 36.5 Å². The van der Waals surface area contributed by atoms with Crippen LogP contribution in [-0.2, 0) is 14.6 Å². The number of hydrogen-bond donors (Lipinski definition) is 4. The number of nitrogens with two attached hydrogens (primary N) is 1. The Balaban J connectivity index is 1.33. The van der Waals surface area contributed by atoms with Gasteiger partial charge in [0.1, 0.15) is 55.5 Å². The van der Waals surface area contributed by atoms with Gasteiger partial charge in [0.25, 0.3) is 10.0 Å². The summed E-state index contributed by atoms with van der Waals surface area (Å²) in [6, 6.07) is 5.52. The van der Waals surface area contributed by atoms with Gasteiger partial charge in [-0.25, -0.2) is 8.42 Å². The summed E-state index contributed by atoms with van der Waals surface area (Å²) >= 11 is 1.08. The van der Waals surface area contributed by atoms with Crippen LogP contribution >= 0.6 is 18.9 Å². The van der Waals surface area contributed by atoms with Gasteiger partial charge in [-0.2, -0.15) is 4.72 Å². The van der Waals surface area contributed by atoms with Crippen LogP contribution in [0.3, 0.4) is 0 Å². The normalized spacial score (nSPS) is 24.8. The molecule has 2 bridgehead atoms. The maximum Gasteiger partial charge on any atom is 0.340 e. The van der Waals surface area contributed by atoms with E-state index in [-0.39, 0.29) is 4.21 Å². The van der Waals surface area contributed by atoms with E-state index >= 15 is 0 Å². The molecule has 3 aliphatic heterocycles. The van der Waals surface area contributed by atoms with Crippen molar-refractivity contribution in [3.05, 3.63) is 23.8 Å². The fourth-order valence-corrected chi connectivity index (χ4v) is 9.19. The molecule has 0 amide bonds. The lowest BCUT2D eigenvalue weighted by Crippen LogP contribution is -2.75. The zero-order valence-electron chi connectivity index (χ0n) is 20.2. The smallest absolute Gasteiger partial charge is 0.340 e. The minimum Gasteiger partial charge on any atom is -0.493 e. The largest absolute Gasteiger partial charge is 0.493 e. The summed E-state index contributed by atoms with van der Waals surface area (Å²) in [5.41, 5.74) is 6.28. The number of nitrogens with zero attached hydrogens (tertiary/aromatic N) is 2. The molecule has 1 aromatic heterocycles. The number of rotatable bonds is 12. The second-order valence-corrected chi connectivity index (χ2v) is 14.6. The molecule has 0 saturated carbocycles. The van der Waals surface area contributed by atoms with Crippen molar-refractivity contribution in [3.8, 4) is 5.75 Å². The average molecular weight is 549 g/mol. The molecule has 5 rings (SSSR count). The van der Waals surface area contributed by atoms with E-state index in [9.17, 15) is 13.0 Å². The Kier molecular flexibility index (Phi) is 7.98. The summed E-state index contributed by atoms with van der Waals surface area (Å²) in [4.78, 5) is 18.0. The molecule has 35 heavy (non-hydrogen) atoms. The molecular formula is C22H37N4O6PS2+2. The van der Waals surface area contributed by atoms with E-state index in [2.05, 4.69) is 0 Å². The van der Waals surface area contributed by atoms with Crippen LogP contribution in [-0.4, -0.2) is 99.0 Å². The summed E-state index contributed by atoms with van der Waals surface area (Å²) < 4.78 is 47.5. The number of aryl methyl sites for hydroxylation is 1. The SMILES string of the molecule is Cc1c(S(=O)(=O)NCP(=O)(O)O)sc2ccc(OCCC[N+]34CC[N+](CCCN)(CC3)CC4)cc12. The van der Waals surface area contributed by atoms with Gasteiger partial charge in [0, 0.05) is 22.9 Å². The summed E-state index contributed by atoms with van der Waals surface area (Å²) in [5, 5.41) is 0.768. The van der Waals surface area contributed by atoms with E-state index in [1.165, 1.54) is 54.8 Å². The highest BCUT2D eigenvalue weighted by Crippen LogP contribution is 2.38. The highest BCUT2D eigenvalue weighted by atomic mass is 32.2. The topological polar surface area (TPSA) is 139 Å². The average Bonchev–Trinajstić information content (AvgIpc) is 3.17. The summed E-state index contributed by atoms with van der Waals surface area (Å²) in [5.74, 6) is 0.695. The number of thiophene rings is 1. The Hall–Kier alpha value is -1.08. The first-order chi connectivity index (χ1) is 16.5. The number of nitrogens with one attached hydrogen (secondary N) is 1. The van der Waals surface area contributed by atoms with Crippen LogP contribution in [0.4, 0.5) is 0 Å². The lowest BCUT2D eigenvalue weighted by atomic mass is 10.1. The van der Waals surface area contributed by atoms with Crippen LogP contribution in [0.15, 0.2) is 22.4 Å². The molecule has 0 spiro atoms. The first kappa shape index (κ1) is 27.0. The van der Waals surface area contributed by atoms with E-state index in [0.29, 0.717) is 17.9 Å². The van der Waals surface area contributed by atoms with Crippen molar-refractivity contribution in [2.75, 3.05) is 71.8 Å². The molecule has 3 aliphatic rings. The van der Waals surface area contributed by atoms with Gasteiger partial charge in [-0.3, -0.25) is 4.57 Å². The third-order valence-corrected chi connectivity index (χ3v) is 11.7. The van der Waals surface area contributed by atoms with Gasteiger partial charge in [0.2, 0.25) is 0 Å². The van der Waals surface area contributed by atoms with E-state index in [4.69, 9.17) is 20.3 Å². The zero-order chi connectivity index (χ0) is 25.3. The van der Waals surface area contributed by atoms with Crippen molar-refractivity contribution in [1.29, 1.82) is 0 Å². The lowest BCUT2D eigenvalue weighted by molar-refractivity contribution is -1.08. The maximum absolute atomic E-state index is 12.6. The van der Waals surface area contributed by atoms with Crippen molar-refractivity contribution in [3.63, 3.8) is 0 Å². The molecule has 3 fully saturated rings. The molecule has 2 aromatic rings. The summed E-state index contributed by atoms with van der Waals surface area (Å²) in [7, 11) is -8.51. The standard InChI is InChI=1S/C22H35N4O6PS2/c1-18-20-16-19(4-5-21(20)34-22(18)35(30,31)24-17-33(27,28)29)32-15-3-8-26-12-9-25(10-13-26,11-14-26)7-2-6-23/h4-5,16,24H,2-3,6-15,17,23H2,1H3/p+2. The van der Waals surface area contributed by atoms with Crippen LogP contribution in [0.2, 0.25) is 0 Å². The van der Waals surface area contributed by atoms with Crippen LogP contribution in [0, 0.1) is 6.92 Å². The molecule has 0 atom stereocenters. The molecule has 3 saturated heterocycles. The molecule has 0 radical (unpaired) electrons. The van der Waals surface area contributed by atoms with E-state index < -0.39 is 23.9 Å². The third kappa shape index (κ3) is 6.26. The monoisotopic (exact) mass is 548 g/mol. The Labute approximate surface area is 211 Å². The molecule has 5 N–H and O–H groups in total. The van der Waals surface area contributed by atoms with Gasteiger partial charge in [0.15, 0.2) is 0 Å². The Morgan fingerprint density at radius 3 is 2.26 bits per heavy atom. The van der Waals surface area contributed by atoms with Crippen LogP contribution in [0.5, 0.6) is 5.75 Å². The van der Waals surface area contributed by atoms with Gasteiger partial charge in [-0.05, 0) is 37.2 Å². The van der Waals surface area contributed by atoms with Crippen LogP contribution in [0.1, 0.15) is 18.4 Å². The Morgan fingerprint density at radius 1 is 1.09 bits per heavy atom. The van der Waals surface area contributed by atoms with E-state index in [1.54, 1.807) is 6.92 Å². The van der Waals surface area contributed by atoms with Gasteiger partial charge in [-0.15, -0.1) is 11.3 Å². The van der Waals surface area contributed by atoms with Gasteiger partial charge in [0.05, 0.1) is 19.7 Å². The van der Waals surface area contributed by atoms with Gasteiger partial charge < -0.3 is 29.2 Å². The number of quaternary nitrogens is 2. The number of ether oxygens (including phenoxy) is 1. The second kappa shape index (κ2) is 10.4. The highest BCUT2D eigenvalue weighted by Gasteiger charge is 2.48. The minimum absolute atomic E-state index is 0.0602. The van der Waals surface area contributed by atoms with Crippen molar-refractivity contribution in [1.82, 2.24) is 4.72 Å². The number of piperazine rings is 3. The van der Waals surface area contributed by atoms with E-state index in [1.807, 2.05) is 22.9 Å². The van der Waals surface area contributed by atoms with Crippen LogP contribution < -0.4 is 15.2 Å². The van der Waals surface area contributed by atoms with Crippen molar-refractivity contribution in [2.24, 2.45) is 5.73 Å². The fraction of sp³-hybridized carbons (Fsp3) is 0.636. The predicted octanol–water partition coefficient (Wildman–Crippen LogP) is 1.40. The zero-order valence-corrected chi connectivity index (χ0v) is 22.7. The maximum atomic E-state index is 12.6. The van der Waals surface area contributed by atoms with Crippen molar-refractivity contribution in [2.45, 2.75) is 24.0 Å². The third-order valence-electron chi connectivity index (χ3n) is 7.60. The van der Waals surface area contributed by atoms with Gasteiger partial charge in [-0.1, -0.05) is 0 Å². The number of benzene rings is 1. The first-order valence-corrected chi connectivity index (χ1v) is 16.2. The van der Waals surface area contributed by atoms with Crippen LogP contribution in [0.25, 0.3) is 10.1 Å². The highest BCUT2D eigenvalue weighted by molar-refractivity contribution is 7.92. The lowest BCUT2D eigenvalue weighted by Gasteiger charge is -2.55. The summed E-state index contributed by atoms with van der Waals surface area (Å²) in [6.07, 6.45) is 1.15. The summed E-state index contributed by atoms with van der Waals surface area (Å²) in [6.45, 7) is 12.9. The minimum atomic E-state index is -4.49.